The third-order valence-electron chi connectivity index (χ3n) is 2.40. The molecule has 0 saturated carbocycles. The van der Waals surface area contributed by atoms with E-state index >= 15 is 0 Å². The number of ether oxygens (including phenoxy) is 1. The van der Waals surface area contributed by atoms with Gasteiger partial charge >= 0.3 is 5.97 Å². The summed E-state index contributed by atoms with van der Waals surface area (Å²) < 4.78 is 32.5. The van der Waals surface area contributed by atoms with Gasteiger partial charge in [0.1, 0.15) is 9.09 Å². The molecule has 0 radical (unpaired) electrons. The second-order valence-electron chi connectivity index (χ2n) is 3.78. The van der Waals surface area contributed by atoms with Gasteiger partial charge in [-0.3, -0.25) is 4.72 Å². The zero-order chi connectivity index (χ0) is 14.9. The van der Waals surface area contributed by atoms with E-state index in [-0.39, 0.29) is 14.8 Å². The Kier molecular flexibility index (Phi) is 4.52. The Morgan fingerprint density at radius 2 is 2.10 bits per heavy atom. The van der Waals surface area contributed by atoms with Gasteiger partial charge in [-0.2, -0.15) is 0 Å². The molecule has 0 fully saturated rings. The van der Waals surface area contributed by atoms with E-state index in [1.807, 2.05) is 0 Å². The number of carbonyl (C=O) groups is 1. The molecule has 2 rings (SSSR count). The van der Waals surface area contributed by atoms with Gasteiger partial charge in [0.25, 0.3) is 10.0 Å². The van der Waals surface area contributed by atoms with Gasteiger partial charge in [-0.15, -0.1) is 22.7 Å². The quantitative estimate of drug-likeness (QED) is 0.804. The first-order chi connectivity index (χ1) is 9.35. The van der Waals surface area contributed by atoms with Crippen LogP contribution in [0.3, 0.4) is 0 Å². The van der Waals surface area contributed by atoms with Crippen LogP contribution in [0.5, 0.6) is 0 Å². The van der Waals surface area contributed by atoms with Crippen LogP contribution in [-0.2, 0) is 14.8 Å². The molecule has 0 aliphatic carbocycles. The first-order valence-corrected chi connectivity index (χ1v) is 9.27. The number of hydrogen-bond acceptors (Lipinski definition) is 6. The Balaban J connectivity index is 2.39. The maximum absolute atomic E-state index is 12.3. The molecule has 9 heteroatoms. The highest BCUT2D eigenvalue weighted by Gasteiger charge is 2.23. The lowest BCUT2D eigenvalue weighted by atomic mass is 10.3. The summed E-state index contributed by atoms with van der Waals surface area (Å²) in [5, 5.41) is 1.70. The van der Waals surface area contributed by atoms with Crippen LogP contribution < -0.4 is 4.72 Å². The molecule has 0 bridgehead atoms. The number of anilines is 1. The lowest BCUT2D eigenvalue weighted by Crippen LogP contribution is -2.14. The third-order valence-corrected chi connectivity index (χ3v) is 6.94. The SMILES string of the molecule is COC(=O)c1scc(C)c1NS(=O)(=O)c1ccc(Br)s1. The van der Waals surface area contributed by atoms with Crippen molar-refractivity contribution in [2.24, 2.45) is 0 Å². The number of methoxy groups -OCH3 is 1. The van der Waals surface area contributed by atoms with Crippen molar-refractivity contribution in [1.29, 1.82) is 0 Å². The molecule has 0 aliphatic heterocycles. The zero-order valence-corrected chi connectivity index (χ0v) is 14.5. The van der Waals surface area contributed by atoms with E-state index in [4.69, 9.17) is 0 Å². The van der Waals surface area contributed by atoms with E-state index in [9.17, 15) is 13.2 Å². The molecule has 0 aromatic carbocycles. The van der Waals surface area contributed by atoms with Crippen LogP contribution in [0.15, 0.2) is 25.5 Å². The summed E-state index contributed by atoms with van der Waals surface area (Å²) in [4.78, 5) is 11.9. The zero-order valence-electron chi connectivity index (χ0n) is 10.5. The average molecular weight is 396 g/mol. The fourth-order valence-corrected chi connectivity index (χ4v) is 5.58. The van der Waals surface area contributed by atoms with Gasteiger partial charge in [-0.1, -0.05) is 0 Å². The Morgan fingerprint density at radius 1 is 1.40 bits per heavy atom. The number of rotatable bonds is 4. The summed E-state index contributed by atoms with van der Waals surface area (Å²) in [6.45, 7) is 1.73. The number of hydrogen-bond donors (Lipinski definition) is 1. The molecule has 20 heavy (non-hydrogen) atoms. The summed E-state index contributed by atoms with van der Waals surface area (Å²) in [6, 6.07) is 3.15. The summed E-state index contributed by atoms with van der Waals surface area (Å²) in [7, 11) is -2.46. The first-order valence-electron chi connectivity index (χ1n) is 5.29. The minimum Gasteiger partial charge on any atom is -0.465 e. The van der Waals surface area contributed by atoms with E-state index in [2.05, 4.69) is 25.4 Å². The normalized spacial score (nSPS) is 11.3. The third kappa shape index (κ3) is 3.05. The number of halogens is 1. The molecular formula is C11H10BrNO4S3. The summed E-state index contributed by atoms with van der Waals surface area (Å²) in [6.07, 6.45) is 0. The number of carbonyl (C=O) groups excluding carboxylic acids is 1. The molecule has 2 heterocycles. The molecule has 0 unspecified atom stereocenters. The molecule has 0 atom stereocenters. The van der Waals surface area contributed by atoms with Crippen molar-refractivity contribution in [3.8, 4) is 0 Å². The summed E-state index contributed by atoms with van der Waals surface area (Å²) in [5.74, 6) is -0.562. The highest BCUT2D eigenvalue weighted by atomic mass is 79.9. The van der Waals surface area contributed by atoms with Crippen molar-refractivity contribution in [3.63, 3.8) is 0 Å². The highest BCUT2D eigenvalue weighted by molar-refractivity contribution is 9.11. The predicted octanol–water partition coefficient (Wildman–Crippen LogP) is 3.47. The number of thiophene rings is 2. The molecule has 0 aliphatic rings. The van der Waals surface area contributed by atoms with Gasteiger partial charge in [0.15, 0.2) is 0 Å². The molecule has 2 aromatic heterocycles. The number of aryl methyl sites for hydroxylation is 1. The van der Waals surface area contributed by atoms with Crippen molar-refractivity contribution >= 4 is 60.3 Å². The number of sulfonamides is 1. The summed E-state index contributed by atoms with van der Waals surface area (Å²) >= 11 is 5.46. The van der Waals surface area contributed by atoms with E-state index in [1.165, 1.54) is 13.2 Å². The minimum absolute atomic E-state index is 0.172. The fourth-order valence-electron chi connectivity index (χ4n) is 1.44. The number of nitrogens with one attached hydrogen (secondary N) is 1. The fraction of sp³-hybridized carbons (Fsp3) is 0.182. The van der Waals surface area contributed by atoms with E-state index in [0.717, 1.165) is 22.7 Å². The maximum Gasteiger partial charge on any atom is 0.350 e. The van der Waals surface area contributed by atoms with Gasteiger partial charge in [-0.25, -0.2) is 13.2 Å². The molecule has 0 amide bonds. The van der Waals surface area contributed by atoms with E-state index < -0.39 is 16.0 Å². The van der Waals surface area contributed by atoms with Crippen LogP contribution >= 0.6 is 38.6 Å². The molecule has 1 N–H and O–H groups in total. The second-order valence-corrected chi connectivity index (χ2v) is 9.03. The first kappa shape index (κ1) is 15.5. The lowest BCUT2D eigenvalue weighted by molar-refractivity contribution is 0.0607. The molecule has 0 spiro atoms. The van der Waals surface area contributed by atoms with Crippen molar-refractivity contribution < 1.29 is 17.9 Å². The van der Waals surface area contributed by atoms with Crippen molar-refractivity contribution in [1.82, 2.24) is 0 Å². The molecule has 108 valence electrons. The van der Waals surface area contributed by atoms with Crippen LogP contribution in [0, 0.1) is 6.92 Å². The van der Waals surface area contributed by atoms with Crippen LogP contribution in [-0.4, -0.2) is 21.5 Å². The second kappa shape index (κ2) is 5.84. The van der Waals surface area contributed by atoms with Gasteiger partial charge in [-0.05, 0) is 45.9 Å². The Labute approximate surface area is 132 Å². The smallest absolute Gasteiger partial charge is 0.350 e. The topological polar surface area (TPSA) is 72.5 Å². The Hall–Kier alpha value is -0.900. The van der Waals surface area contributed by atoms with Crippen molar-refractivity contribution in [3.05, 3.63) is 31.7 Å². The largest absolute Gasteiger partial charge is 0.465 e. The maximum atomic E-state index is 12.3. The monoisotopic (exact) mass is 395 g/mol. The van der Waals surface area contributed by atoms with Gasteiger partial charge in [0.2, 0.25) is 0 Å². The molecule has 2 aromatic rings. The van der Waals surface area contributed by atoms with Crippen LogP contribution in [0.1, 0.15) is 15.2 Å². The van der Waals surface area contributed by atoms with Crippen molar-refractivity contribution in [2.75, 3.05) is 11.8 Å². The summed E-state index contributed by atoms with van der Waals surface area (Å²) in [5.41, 5.74) is 0.945. The van der Waals surface area contributed by atoms with Crippen molar-refractivity contribution in [2.45, 2.75) is 11.1 Å². The standard InChI is InChI=1S/C11H10BrNO4S3/c1-6-5-18-10(11(14)17-2)9(6)13-20(15,16)8-4-3-7(12)19-8/h3-5,13H,1-2H3. The average Bonchev–Trinajstić information content (AvgIpc) is 2.97. The molecule has 0 saturated heterocycles. The predicted molar refractivity (Wildman–Crippen MR) is 83.2 cm³/mol. The van der Waals surface area contributed by atoms with E-state index in [1.54, 1.807) is 18.4 Å². The lowest BCUT2D eigenvalue weighted by Gasteiger charge is -2.08. The Morgan fingerprint density at radius 3 is 2.65 bits per heavy atom. The van der Waals surface area contributed by atoms with Crippen LogP contribution in [0.4, 0.5) is 5.69 Å². The number of esters is 1. The van der Waals surface area contributed by atoms with E-state index in [0.29, 0.717) is 9.35 Å². The van der Waals surface area contributed by atoms with Crippen LogP contribution in [0.25, 0.3) is 0 Å². The Bertz CT molecular complexity index is 748. The van der Waals surface area contributed by atoms with Gasteiger partial charge in [0.05, 0.1) is 16.6 Å². The molecule has 5 nitrogen and oxygen atoms in total. The van der Waals surface area contributed by atoms with Crippen LogP contribution in [0.2, 0.25) is 0 Å². The van der Waals surface area contributed by atoms with Gasteiger partial charge in [0, 0.05) is 0 Å². The highest BCUT2D eigenvalue weighted by Crippen LogP contribution is 2.32. The minimum atomic E-state index is -3.71. The molecular weight excluding hydrogens is 386 g/mol. The van der Waals surface area contributed by atoms with Gasteiger partial charge < -0.3 is 4.74 Å².